The van der Waals surface area contributed by atoms with Gasteiger partial charge in [0.25, 0.3) is 0 Å². The summed E-state index contributed by atoms with van der Waals surface area (Å²) in [6, 6.07) is 9.04. The SMILES string of the molecule is CCCNC(c1csc(I)c1)c1csc2c(Br)cccc12. The van der Waals surface area contributed by atoms with Gasteiger partial charge >= 0.3 is 0 Å². The van der Waals surface area contributed by atoms with Crippen molar-refractivity contribution in [3.05, 3.63) is 53.5 Å². The number of fused-ring (bicyclic) bond motifs is 1. The molecule has 1 nitrogen and oxygen atoms in total. The van der Waals surface area contributed by atoms with Gasteiger partial charge in [0, 0.05) is 9.17 Å². The lowest BCUT2D eigenvalue weighted by Gasteiger charge is -2.17. The third-order valence-electron chi connectivity index (χ3n) is 3.41. The molecule has 0 radical (unpaired) electrons. The summed E-state index contributed by atoms with van der Waals surface area (Å²) in [4.78, 5) is 0. The first kappa shape index (κ1) is 15.9. The van der Waals surface area contributed by atoms with Crippen LogP contribution in [0.4, 0.5) is 0 Å². The number of rotatable bonds is 5. The van der Waals surface area contributed by atoms with Crippen molar-refractivity contribution in [1.82, 2.24) is 5.32 Å². The monoisotopic (exact) mass is 491 g/mol. The van der Waals surface area contributed by atoms with Crippen LogP contribution in [0.25, 0.3) is 10.1 Å². The summed E-state index contributed by atoms with van der Waals surface area (Å²) in [5.74, 6) is 0. The van der Waals surface area contributed by atoms with Crippen LogP contribution >= 0.6 is 61.2 Å². The van der Waals surface area contributed by atoms with E-state index in [0.29, 0.717) is 0 Å². The van der Waals surface area contributed by atoms with Gasteiger partial charge in [0.1, 0.15) is 0 Å². The Morgan fingerprint density at radius 2 is 2.14 bits per heavy atom. The zero-order valence-electron chi connectivity index (χ0n) is 11.5. The summed E-state index contributed by atoms with van der Waals surface area (Å²) >= 11 is 9.69. The number of halogens is 2. The number of hydrogen-bond donors (Lipinski definition) is 1. The first-order valence-corrected chi connectivity index (χ1v) is 10.5. The molecule has 1 N–H and O–H groups in total. The molecular weight excluding hydrogens is 477 g/mol. The molecule has 2 heterocycles. The standard InChI is InChI=1S/C16H15BrINS2/c1-2-6-19-15(10-7-14(18)20-8-10)12-9-21-16-11(12)4-3-5-13(16)17/h3-5,7-9,15,19H,2,6H2,1H3. The van der Waals surface area contributed by atoms with E-state index in [1.54, 1.807) is 0 Å². The average Bonchev–Trinajstić information content (AvgIpc) is 3.08. The van der Waals surface area contributed by atoms with E-state index in [2.05, 4.69) is 85.8 Å². The van der Waals surface area contributed by atoms with Crippen LogP contribution in [0.2, 0.25) is 0 Å². The summed E-state index contributed by atoms with van der Waals surface area (Å²) in [6.07, 6.45) is 1.14. The Bertz CT molecular complexity index is 750. The van der Waals surface area contributed by atoms with Crippen molar-refractivity contribution in [2.75, 3.05) is 6.54 Å². The number of thiophene rings is 2. The van der Waals surface area contributed by atoms with Crippen molar-refractivity contribution in [2.45, 2.75) is 19.4 Å². The summed E-state index contributed by atoms with van der Waals surface area (Å²) in [7, 11) is 0. The number of benzene rings is 1. The molecular formula is C16H15BrINS2. The van der Waals surface area contributed by atoms with Crippen molar-refractivity contribution in [3.63, 3.8) is 0 Å². The molecule has 110 valence electrons. The zero-order valence-corrected chi connectivity index (χ0v) is 16.9. The van der Waals surface area contributed by atoms with E-state index >= 15 is 0 Å². The minimum absolute atomic E-state index is 0.285. The highest BCUT2D eigenvalue weighted by atomic mass is 127. The molecule has 0 aliphatic rings. The smallest absolute Gasteiger partial charge is 0.0656 e. The van der Waals surface area contributed by atoms with E-state index < -0.39 is 0 Å². The van der Waals surface area contributed by atoms with Crippen molar-refractivity contribution in [3.8, 4) is 0 Å². The van der Waals surface area contributed by atoms with Gasteiger partial charge in [-0.25, -0.2) is 0 Å². The Balaban J connectivity index is 2.08. The van der Waals surface area contributed by atoms with Crippen molar-refractivity contribution < 1.29 is 0 Å². The fourth-order valence-corrected chi connectivity index (χ4v) is 5.48. The van der Waals surface area contributed by atoms with Gasteiger partial charge in [-0.3, -0.25) is 0 Å². The largest absolute Gasteiger partial charge is 0.306 e. The summed E-state index contributed by atoms with van der Waals surface area (Å²) in [5, 5.41) is 9.63. The van der Waals surface area contributed by atoms with E-state index in [9.17, 15) is 0 Å². The van der Waals surface area contributed by atoms with E-state index in [0.717, 1.165) is 13.0 Å². The second kappa shape index (κ2) is 7.08. The number of nitrogens with one attached hydrogen (secondary N) is 1. The first-order chi connectivity index (χ1) is 10.2. The van der Waals surface area contributed by atoms with E-state index in [1.807, 2.05) is 22.7 Å². The maximum Gasteiger partial charge on any atom is 0.0656 e. The second-order valence-corrected chi connectivity index (χ2v) is 9.42. The van der Waals surface area contributed by atoms with Gasteiger partial charge in [-0.15, -0.1) is 22.7 Å². The topological polar surface area (TPSA) is 12.0 Å². The van der Waals surface area contributed by atoms with Crippen molar-refractivity contribution in [1.29, 1.82) is 0 Å². The molecule has 1 aromatic carbocycles. The highest BCUT2D eigenvalue weighted by Crippen LogP contribution is 2.38. The van der Waals surface area contributed by atoms with Crippen molar-refractivity contribution >= 4 is 71.3 Å². The number of hydrogen-bond acceptors (Lipinski definition) is 3. The lowest BCUT2D eigenvalue weighted by atomic mass is 10.0. The fraction of sp³-hybridized carbons (Fsp3) is 0.250. The lowest BCUT2D eigenvalue weighted by molar-refractivity contribution is 0.604. The van der Waals surface area contributed by atoms with E-state index in [1.165, 1.54) is 28.6 Å². The molecule has 0 spiro atoms. The van der Waals surface area contributed by atoms with Crippen LogP contribution in [-0.4, -0.2) is 6.54 Å². The Morgan fingerprint density at radius 3 is 2.86 bits per heavy atom. The van der Waals surface area contributed by atoms with Crippen LogP contribution in [-0.2, 0) is 0 Å². The van der Waals surface area contributed by atoms with Crippen LogP contribution in [0.1, 0.15) is 30.5 Å². The average molecular weight is 492 g/mol. The van der Waals surface area contributed by atoms with Crippen molar-refractivity contribution in [2.24, 2.45) is 0 Å². The maximum atomic E-state index is 3.71. The highest BCUT2D eigenvalue weighted by molar-refractivity contribution is 14.1. The summed E-state index contributed by atoms with van der Waals surface area (Å²) in [5.41, 5.74) is 2.76. The fourth-order valence-electron chi connectivity index (χ4n) is 2.44. The normalized spacial score (nSPS) is 12.9. The van der Waals surface area contributed by atoms with Gasteiger partial charge < -0.3 is 5.32 Å². The molecule has 3 aromatic rings. The van der Waals surface area contributed by atoms with Crippen LogP contribution in [0.3, 0.4) is 0 Å². The lowest BCUT2D eigenvalue weighted by Crippen LogP contribution is -2.22. The van der Waals surface area contributed by atoms with E-state index in [4.69, 9.17) is 0 Å². The minimum atomic E-state index is 0.285. The molecule has 3 rings (SSSR count). The molecule has 0 saturated heterocycles. The third-order valence-corrected chi connectivity index (χ3v) is 7.19. The zero-order chi connectivity index (χ0) is 14.8. The van der Waals surface area contributed by atoms with Crippen LogP contribution < -0.4 is 5.32 Å². The Hall–Kier alpha value is 0.0500. The van der Waals surface area contributed by atoms with Crippen LogP contribution in [0.15, 0.2) is 39.5 Å². The van der Waals surface area contributed by atoms with Gasteiger partial charge in [0.15, 0.2) is 0 Å². The Kier molecular flexibility index (Phi) is 5.37. The van der Waals surface area contributed by atoms with Crippen LogP contribution in [0, 0.1) is 2.88 Å². The molecule has 5 heteroatoms. The Labute approximate surface area is 155 Å². The van der Waals surface area contributed by atoms with Gasteiger partial charge in [-0.1, -0.05) is 19.1 Å². The second-order valence-electron chi connectivity index (χ2n) is 4.88. The third kappa shape index (κ3) is 3.37. The minimum Gasteiger partial charge on any atom is -0.306 e. The van der Waals surface area contributed by atoms with E-state index in [-0.39, 0.29) is 6.04 Å². The van der Waals surface area contributed by atoms with Gasteiger partial charge in [-0.2, -0.15) is 0 Å². The van der Waals surface area contributed by atoms with Gasteiger partial charge in [-0.05, 0) is 90.9 Å². The first-order valence-electron chi connectivity index (χ1n) is 6.83. The summed E-state index contributed by atoms with van der Waals surface area (Å²) in [6.45, 7) is 3.24. The summed E-state index contributed by atoms with van der Waals surface area (Å²) < 4.78 is 3.86. The molecule has 0 fully saturated rings. The molecule has 0 bridgehead atoms. The molecule has 1 atom stereocenters. The Morgan fingerprint density at radius 1 is 1.29 bits per heavy atom. The quantitative estimate of drug-likeness (QED) is 0.406. The predicted octanol–water partition coefficient (Wildman–Crippen LogP) is 6.42. The highest BCUT2D eigenvalue weighted by Gasteiger charge is 2.19. The molecule has 0 saturated carbocycles. The molecule has 0 aliphatic heterocycles. The maximum absolute atomic E-state index is 3.71. The molecule has 21 heavy (non-hydrogen) atoms. The predicted molar refractivity (Wildman–Crippen MR) is 107 cm³/mol. The molecule has 0 amide bonds. The van der Waals surface area contributed by atoms with Gasteiger partial charge in [0.2, 0.25) is 0 Å². The van der Waals surface area contributed by atoms with Crippen LogP contribution in [0.5, 0.6) is 0 Å². The molecule has 2 aromatic heterocycles. The molecule has 0 aliphatic carbocycles. The molecule has 1 unspecified atom stereocenters. The van der Waals surface area contributed by atoms with Gasteiger partial charge in [0.05, 0.1) is 8.93 Å².